The summed E-state index contributed by atoms with van der Waals surface area (Å²) in [6.07, 6.45) is 4.36. The first-order chi connectivity index (χ1) is 7.28. The molecule has 2 aliphatic rings. The quantitative estimate of drug-likeness (QED) is 0.553. The number of hydrogen-bond acceptors (Lipinski definition) is 3. The lowest BCUT2D eigenvalue weighted by Gasteiger charge is -2.38. The van der Waals surface area contributed by atoms with Gasteiger partial charge in [-0.3, -0.25) is 5.41 Å². The minimum absolute atomic E-state index is 0.294. The third-order valence-corrected chi connectivity index (χ3v) is 3.56. The van der Waals surface area contributed by atoms with Crippen LogP contribution in [-0.4, -0.2) is 49.7 Å². The number of methoxy groups -OCH3 is 1. The molecule has 0 radical (unpaired) electrons. The predicted octanol–water partition coefficient (Wildman–Crippen LogP) is 1.26. The Hall–Kier alpha value is -0.610. The first-order valence-corrected chi connectivity index (χ1v) is 5.75. The van der Waals surface area contributed by atoms with Crippen LogP contribution in [0.3, 0.4) is 0 Å². The number of morpholine rings is 1. The summed E-state index contributed by atoms with van der Waals surface area (Å²) in [7, 11) is 1.74. The molecular formula is C11H20N2O2. The molecule has 0 aromatic carbocycles. The second-order valence-electron chi connectivity index (χ2n) is 4.35. The van der Waals surface area contributed by atoms with Gasteiger partial charge < -0.3 is 14.4 Å². The van der Waals surface area contributed by atoms with Gasteiger partial charge >= 0.3 is 0 Å². The third-order valence-electron chi connectivity index (χ3n) is 3.56. The van der Waals surface area contributed by atoms with Crippen LogP contribution >= 0.6 is 0 Å². The molecule has 2 rings (SSSR count). The van der Waals surface area contributed by atoms with E-state index >= 15 is 0 Å². The molecule has 0 bridgehead atoms. The third kappa shape index (κ3) is 2.01. The summed E-state index contributed by atoms with van der Waals surface area (Å²) >= 11 is 0. The van der Waals surface area contributed by atoms with Crippen molar-refractivity contribution in [2.75, 3.05) is 33.4 Å². The van der Waals surface area contributed by atoms with E-state index in [-0.39, 0.29) is 5.60 Å². The smallest absolute Gasteiger partial charge is 0.129 e. The fraction of sp³-hybridized carbons (Fsp3) is 0.909. The number of rotatable bonds is 2. The van der Waals surface area contributed by atoms with Gasteiger partial charge in [0.05, 0.1) is 13.2 Å². The summed E-state index contributed by atoms with van der Waals surface area (Å²) in [5.74, 6) is 0.672. The van der Waals surface area contributed by atoms with Crippen molar-refractivity contribution in [2.24, 2.45) is 0 Å². The Labute approximate surface area is 91.0 Å². The largest absolute Gasteiger partial charge is 0.378 e. The summed E-state index contributed by atoms with van der Waals surface area (Å²) in [5, 5.41) is 8.27. The molecule has 1 aliphatic carbocycles. The first kappa shape index (κ1) is 10.9. The molecule has 4 heteroatoms. The van der Waals surface area contributed by atoms with Gasteiger partial charge in [-0.2, -0.15) is 0 Å². The van der Waals surface area contributed by atoms with Crippen molar-refractivity contribution in [1.82, 2.24) is 4.90 Å². The van der Waals surface area contributed by atoms with E-state index < -0.39 is 0 Å². The Morgan fingerprint density at radius 2 is 1.87 bits per heavy atom. The van der Waals surface area contributed by atoms with Crippen LogP contribution in [0.25, 0.3) is 0 Å². The second kappa shape index (κ2) is 4.49. The van der Waals surface area contributed by atoms with Crippen molar-refractivity contribution < 1.29 is 9.47 Å². The molecule has 0 aromatic heterocycles. The number of amidine groups is 1. The Morgan fingerprint density at radius 3 is 2.40 bits per heavy atom. The highest BCUT2D eigenvalue weighted by atomic mass is 16.5. The van der Waals surface area contributed by atoms with E-state index in [2.05, 4.69) is 4.90 Å². The SMILES string of the molecule is COC1(C(=N)N2CCOCC2)CCCC1. The van der Waals surface area contributed by atoms with Gasteiger partial charge in [-0.25, -0.2) is 0 Å². The number of hydrogen-bond donors (Lipinski definition) is 1. The van der Waals surface area contributed by atoms with Crippen LogP contribution in [0.15, 0.2) is 0 Å². The van der Waals surface area contributed by atoms with Crippen molar-refractivity contribution in [3.8, 4) is 0 Å². The predicted molar refractivity (Wildman–Crippen MR) is 58.3 cm³/mol. The highest BCUT2D eigenvalue weighted by molar-refractivity contribution is 5.88. The van der Waals surface area contributed by atoms with E-state index in [4.69, 9.17) is 14.9 Å². The molecule has 2 fully saturated rings. The number of nitrogens with zero attached hydrogens (tertiary/aromatic N) is 1. The first-order valence-electron chi connectivity index (χ1n) is 5.75. The molecule has 1 saturated carbocycles. The van der Waals surface area contributed by atoms with Crippen LogP contribution in [0.1, 0.15) is 25.7 Å². The lowest BCUT2D eigenvalue weighted by molar-refractivity contribution is 0.0240. The van der Waals surface area contributed by atoms with Gasteiger partial charge in [0, 0.05) is 20.2 Å². The van der Waals surface area contributed by atoms with Crippen molar-refractivity contribution in [3.05, 3.63) is 0 Å². The summed E-state index contributed by atoms with van der Waals surface area (Å²) in [6.45, 7) is 3.15. The van der Waals surface area contributed by atoms with Gasteiger partial charge in [0.2, 0.25) is 0 Å². The van der Waals surface area contributed by atoms with Gasteiger partial charge in [-0.05, 0) is 25.7 Å². The summed E-state index contributed by atoms with van der Waals surface area (Å²) in [5.41, 5.74) is -0.294. The zero-order valence-corrected chi connectivity index (χ0v) is 9.42. The average molecular weight is 212 g/mol. The Kier molecular flexibility index (Phi) is 3.26. The monoisotopic (exact) mass is 212 g/mol. The maximum Gasteiger partial charge on any atom is 0.129 e. The Balaban J connectivity index is 2.03. The van der Waals surface area contributed by atoms with Crippen molar-refractivity contribution in [3.63, 3.8) is 0 Å². The zero-order chi connectivity index (χ0) is 10.7. The van der Waals surface area contributed by atoms with E-state index in [0.29, 0.717) is 5.84 Å². The highest BCUT2D eigenvalue weighted by Gasteiger charge is 2.41. The normalized spacial score (nSPS) is 25.5. The molecule has 0 atom stereocenters. The molecule has 0 aromatic rings. The number of nitrogens with one attached hydrogen (secondary N) is 1. The molecule has 0 unspecified atom stereocenters. The van der Waals surface area contributed by atoms with Crippen LogP contribution in [0.4, 0.5) is 0 Å². The summed E-state index contributed by atoms with van der Waals surface area (Å²) < 4.78 is 10.9. The minimum Gasteiger partial charge on any atom is -0.378 e. The summed E-state index contributed by atoms with van der Waals surface area (Å²) in [4.78, 5) is 2.11. The van der Waals surface area contributed by atoms with Crippen molar-refractivity contribution >= 4 is 5.84 Å². The topological polar surface area (TPSA) is 45.5 Å². The fourth-order valence-electron chi connectivity index (χ4n) is 2.56. The Morgan fingerprint density at radius 1 is 1.27 bits per heavy atom. The lowest BCUT2D eigenvalue weighted by Crippen LogP contribution is -2.51. The maximum absolute atomic E-state index is 8.27. The maximum atomic E-state index is 8.27. The van der Waals surface area contributed by atoms with Gasteiger partial charge in [0.1, 0.15) is 11.4 Å². The van der Waals surface area contributed by atoms with E-state index in [0.717, 1.165) is 39.1 Å². The van der Waals surface area contributed by atoms with Crippen molar-refractivity contribution in [1.29, 1.82) is 5.41 Å². The van der Waals surface area contributed by atoms with Gasteiger partial charge in [0.15, 0.2) is 0 Å². The molecule has 4 nitrogen and oxygen atoms in total. The zero-order valence-electron chi connectivity index (χ0n) is 9.42. The minimum atomic E-state index is -0.294. The summed E-state index contributed by atoms with van der Waals surface area (Å²) in [6, 6.07) is 0. The van der Waals surface area contributed by atoms with Crippen molar-refractivity contribution in [2.45, 2.75) is 31.3 Å². The van der Waals surface area contributed by atoms with Gasteiger partial charge in [-0.15, -0.1) is 0 Å². The molecule has 0 spiro atoms. The van der Waals surface area contributed by atoms with Crippen LogP contribution in [0.5, 0.6) is 0 Å². The molecule has 15 heavy (non-hydrogen) atoms. The lowest BCUT2D eigenvalue weighted by atomic mass is 9.99. The highest BCUT2D eigenvalue weighted by Crippen LogP contribution is 2.34. The van der Waals surface area contributed by atoms with E-state index in [9.17, 15) is 0 Å². The molecule has 1 heterocycles. The van der Waals surface area contributed by atoms with E-state index in [1.165, 1.54) is 12.8 Å². The molecule has 1 saturated heterocycles. The average Bonchev–Trinajstić information content (AvgIpc) is 2.79. The second-order valence-corrected chi connectivity index (χ2v) is 4.35. The van der Waals surface area contributed by atoms with Gasteiger partial charge in [0.25, 0.3) is 0 Å². The fourth-order valence-corrected chi connectivity index (χ4v) is 2.56. The number of ether oxygens (including phenoxy) is 2. The van der Waals surface area contributed by atoms with Crippen LogP contribution in [0.2, 0.25) is 0 Å². The van der Waals surface area contributed by atoms with E-state index in [1.54, 1.807) is 7.11 Å². The Bertz CT molecular complexity index is 231. The molecular weight excluding hydrogens is 192 g/mol. The van der Waals surface area contributed by atoms with Gasteiger partial charge in [-0.1, -0.05) is 0 Å². The van der Waals surface area contributed by atoms with E-state index in [1.807, 2.05) is 0 Å². The molecule has 1 N–H and O–H groups in total. The molecule has 0 amide bonds. The molecule has 86 valence electrons. The van der Waals surface area contributed by atoms with Crippen LogP contribution < -0.4 is 0 Å². The van der Waals surface area contributed by atoms with Crippen LogP contribution in [0, 0.1) is 5.41 Å². The standard InChI is InChI=1S/C11H20N2O2/c1-14-11(4-2-3-5-11)10(12)13-6-8-15-9-7-13/h12H,2-9H2,1H3. The van der Waals surface area contributed by atoms with Crippen LogP contribution in [-0.2, 0) is 9.47 Å². The molecule has 1 aliphatic heterocycles.